The molecule has 78 valence electrons. The molecule has 0 spiro atoms. The molecule has 0 aliphatic carbocycles. The van der Waals surface area contributed by atoms with E-state index in [1.807, 2.05) is 24.4 Å². The van der Waals surface area contributed by atoms with Crippen LogP contribution in [0.4, 0.5) is 4.39 Å². The molecule has 0 saturated heterocycles. The molecule has 0 amide bonds. The van der Waals surface area contributed by atoms with Gasteiger partial charge in [0, 0.05) is 0 Å². The average molecular weight is 203 g/mol. The van der Waals surface area contributed by atoms with Gasteiger partial charge in [-0.3, -0.25) is 0 Å². The number of rotatable bonds is 2. The molecule has 1 aromatic carbocycles. The summed E-state index contributed by atoms with van der Waals surface area (Å²) < 4.78 is 12.8. The zero-order valence-electron chi connectivity index (χ0n) is 8.70. The van der Waals surface area contributed by atoms with Gasteiger partial charge in [-0.1, -0.05) is 25.1 Å². The van der Waals surface area contributed by atoms with Gasteiger partial charge in [0.05, 0.1) is 6.04 Å². The Hall–Kier alpha value is -1.57. The van der Waals surface area contributed by atoms with Gasteiger partial charge in [0.15, 0.2) is 0 Å². The molecule has 0 aromatic heterocycles. The van der Waals surface area contributed by atoms with Gasteiger partial charge >= 0.3 is 0 Å². The summed E-state index contributed by atoms with van der Waals surface area (Å²) in [4.78, 5) is 0. The largest absolute Gasteiger partial charge is 0.384 e. The van der Waals surface area contributed by atoms with Crippen molar-refractivity contribution >= 4 is 5.57 Å². The molecular formula is C13H14FN. The van der Waals surface area contributed by atoms with Crippen LogP contribution >= 0.6 is 0 Å². The van der Waals surface area contributed by atoms with Crippen molar-refractivity contribution in [2.45, 2.75) is 19.4 Å². The van der Waals surface area contributed by atoms with E-state index >= 15 is 0 Å². The van der Waals surface area contributed by atoms with E-state index in [-0.39, 0.29) is 5.82 Å². The number of dihydropyridines is 1. The molecule has 2 rings (SSSR count). The highest BCUT2D eigenvalue weighted by Crippen LogP contribution is 2.22. The maximum absolute atomic E-state index is 12.8. The second-order valence-electron chi connectivity index (χ2n) is 3.62. The number of hydrogen-bond donors (Lipinski definition) is 1. The molecule has 1 N–H and O–H groups in total. The van der Waals surface area contributed by atoms with Crippen LogP contribution in [0.2, 0.25) is 0 Å². The van der Waals surface area contributed by atoms with Gasteiger partial charge in [-0.15, -0.1) is 0 Å². The summed E-state index contributed by atoms with van der Waals surface area (Å²) in [6.07, 6.45) is 7.03. The quantitative estimate of drug-likeness (QED) is 0.778. The first kappa shape index (κ1) is 9.97. The van der Waals surface area contributed by atoms with Gasteiger partial charge in [0.25, 0.3) is 0 Å². The molecule has 2 heteroatoms. The molecule has 1 aromatic rings. The van der Waals surface area contributed by atoms with Gasteiger partial charge in [0.2, 0.25) is 0 Å². The predicted octanol–water partition coefficient (Wildman–Crippen LogP) is 3.10. The van der Waals surface area contributed by atoms with E-state index in [1.165, 1.54) is 17.7 Å². The fourth-order valence-corrected chi connectivity index (χ4v) is 1.81. The van der Waals surface area contributed by atoms with Gasteiger partial charge in [-0.25, -0.2) is 4.39 Å². The highest BCUT2D eigenvalue weighted by Gasteiger charge is 2.13. The SMILES string of the molecule is CCC1NC=CC=C1c1ccc(F)cc1. The first-order chi connectivity index (χ1) is 7.31. The second kappa shape index (κ2) is 4.30. The number of hydrogen-bond acceptors (Lipinski definition) is 1. The van der Waals surface area contributed by atoms with Gasteiger partial charge in [-0.05, 0) is 42.0 Å². The summed E-state index contributed by atoms with van der Waals surface area (Å²) in [5.41, 5.74) is 2.31. The van der Waals surface area contributed by atoms with Crippen molar-refractivity contribution in [1.29, 1.82) is 0 Å². The summed E-state index contributed by atoms with van der Waals surface area (Å²) in [7, 11) is 0. The third-order valence-corrected chi connectivity index (χ3v) is 2.63. The number of nitrogens with one attached hydrogen (secondary N) is 1. The van der Waals surface area contributed by atoms with Crippen LogP contribution in [0.1, 0.15) is 18.9 Å². The van der Waals surface area contributed by atoms with Crippen LogP contribution in [0.25, 0.3) is 5.57 Å². The Labute approximate surface area is 89.3 Å². The fourth-order valence-electron chi connectivity index (χ4n) is 1.81. The minimum Gasteiger partial charge on any atom is -0.384 e. The lowest BCUT2D eigenvalue weighted by Gasteiger charge is -2.22. The van der Waals surface area contributed by atoms with Crippen LogP contribution < -0.4 is 5.32 Å². The minimum absolute atomic E-state index is 0.188. The molecular weight excluding hydrogens is 189 g/mol. The number of benzene rings is 1. The van der Waals surface area contributed by atoms with Crippen LogP contribution in [0.3, 0.4) is 0 Å². The molecule has 1 aliphatic rings. The molecule has 1 unspecified atom stereocenters. The molecule has 1 nitrogen and oxygen atoms in total. The van der Waals surface area contributed by atoms with Crippen LogP contribution in [0.5, 0.6) is 0 Å². The van der Waals surface area contributed by atoms with Gasteiger partial charge in [0.1, 0.15) is 5.82 Å². The van der Waals surface area contributed by atoms with E-state index < -0.39 is 0 Å². The Bertz CT molecular complexity index is 390. The molecule has 0 radical (unpaired) electrons. The lowest BCUT2D eigenvalue weighted by Crippen LogP contribution is -2.26. The monoisotopic (exact) mass is 203 g/mol. The van der Waals surface area contributed by atoms with Crippen molar-refractivity contribution in [3.63, 3.8) is 0 Å². The zero-order valence-corrected chi connectivity index (χ0v) is 8.70. The first-order valence-electron chi connectivity index (χ1n) is 5.20. The van der Waals surface area contributed by atoms with E-state index in [0.29, 0.717) is 6.04 Å². The predicted molar refractivity (Wildman–Crippen MR) is 60.7 cm³/mol. The smallest absolute Gasteiger partial charge is 0.123 e. The van der Waals surface area contributed by atoms with Crippen molar-refractivity contribution in [1.82, 2.24) is 5.32 Å². The molecule has 1 heterocycles. The van der Waals surface area contributed by atoms with Crippen molar-refractivity contribution < 1.29 is 4.39 Å². The maximum atomic E-state index is 12.8. The summed E-state index contributed by atoms with van der Waals surface area (Å²) in [5, 5.41) is 3.29. The molecule has 1 atom stereocenters. The van der Waals surface area contributed by atoms with Crippen LogP contribution in [0.15, 0.2) is 42.6 Å². The standard InChI is InChI=1S/C13H14FN/c1-2-13-12(4-3-9-15-13)10-5-7-11(14)8-6-10/h3-9,13,15H,2H2,1H3. The molecule has 1 aliphatic heterocycles. The van der Waals surface area contributed by atoms with E-state index in [1.54, 1.807) is 0 Å². The molecule has 0 saturated carbocycles. The fraction of sp³-hybridized carbons (Fsp3) is 0.231. The van der Waals surface area contributed by atoms with Crippen LogP contribution in [-0.4, -0.2) is 6.04 Å². The lowest BCUT2D eigenvalue weighted by atomic mass is 9.95. The van der Waals surface area contributed by atoms with Crippen molar-refractivity contribution in [2.75, 3.05) is 0 Å². The molecule has 0 fully saturated rings. The van der Waals surface area contributed by atoms with E-state index in [0.717, 1.165) is 12.0 Å². The van der Waals surface area contributed by atoms with Crippen molar-refractivity contribution in [3.8, 4) is 0 Å². The highest BCUT2D eigenvalue weighted by atomic mass is 19.1. The van der Waals surface area contributed by atoms with Gasteiger partial charge in [-0.2, -0.15) is 0 Å². The Morgan fingerprint density at radius 3 is 2.67 bits per heavy atom. The van der Waals surface area contributed by atoms with Crippen molar-refractivity contribution in [3.05, 3.63) is 54.0 Å². The lowest BCUT2D eigenvalue weighted by molar-refractivity contribution is 0.627. The topological polar surface area (TPSA) is 12.0 Å². The summed E-state index contributed by atoms with van der Waals surface area (Å²) in [5.74, 6) is -0.188. The van der Waals surface area contributed by atoms with E-state index in [2.05, 4.69) is 18.3 Å². The Morgan fingerprint density at radius 1 is 1.27 bits per heavy atom. The van der Waals surface area contributed by atoms with Crippen LogP contribution in [-0.2, 0) is 0 Å². The third kappa shape index (κ3) is 2.09. The average Bonchev–Trinajstić information content (AvgIpc) is 2.30. The summed E-state index contributed by atoms with van der Waals surface area (Å²) in [6, 6.07) is 6.98. The van der Waals surface area contributed by atoms with Gasteiger partial charge < -0.3 is 5.32 Å². The number of halogens is 1. The minimum atomic E-state index is -0.188. The highest BCUT2D eigenvalue weighted by molar-refractivity contribution is 5.72. The van der Waals surface area contributed by atoms with E-state index in [4.69, 9.17) is 0 Å². The normalized spacial score (nSPS) is 19.6. The first-order valence-corrected chi connectivity index (χ1v) is 5.20. The van der Waals surface area contributed by atoms with Crippen LogP contribution in [0, 0.1) is 5.82 Å². The maximum Gasteiger partial charge on any atom is 0.123 e. The Kier molecular flexibility index (Phi) is 2.86. The Balaban J connectivity index is 2.32. The summed E-state index contributed by atoms with van der Waals surface area (Å²) in [6.45, 7) is 2.13. The molecule has 0 bridgehead atoms. The van der Waals surface area contributed by atoms with E-state index in [9.17, 15) is 4.39 Å². The number of allylic oxidation sites excluding steroid dienone is 2. The third-order valence-electron chi connectivity index (χ3n) is 2.63. The Morgan fingerprint density at radius 2 is 2.00 bits per heavy atom. The molecule has 15 heavy (non-hydrogen) atoms. The zero-order chi connectivity index (χ0) is 10.7. The van der Waals surface area contributed by atoms with Crippen molar-refractivity contribution in [2.24, 2.45) is 0 Å². The summed E-state index contributed by atoms with van der Waals surface area (Å²) >= 11 is 0. The second-order valence-corrected chi connectivity index (χ2v) is 3.62.